The minimum Gasteiger partial charge on any atom is -0.481 e. The zero-order valence-electron chi connectivity index (χ0n) is 39.9. The SMILES string of the molecule is CC(=O)O[C@H]1C(=O)[C@@]2(C)[C@H]([C@H](OC(=O)c3ccccc3)[C@]3(O)C[C@H](OC(=O)[C@H](O)[C@@H](NC(=O)[C@@H](CCC(=O)O)NC(=O)c4cccnc4)c4ccccc4)C(C)=C1C3(C)C)[C@]1(OC(C)=O)CO[C@@H]1C[C@@H]2O. The molecule has 2 amide bonds. The van der Waals surface area contributed by atoms with Crippen LogP contribution in [0.1, 0.15) is 99.5 Å². The van der Waals surface area contributed by atoms with Crippen LogP contribution in [0.15, 0.2) is 96.3 Å². The van der Waals surface area contributed by atoms with E-state index in [1.807, 2.05) is 0 Å². The Morgan fingerprint density at radius 1 is 0.873 bits per heavy atom. The van der Waals surface area contributed by atoms with Gasteiger partial charge in [-0.25, -0.2) is 9.59 Å². The molecule has 20 nitrogen and oxygen atoms in total. The number of hydrogen-bond donors (Lipinski definition) is 6. The summed E-state index contributed by atoms with van der Waals surface area (Å²) in [5.74, 6) is -9.73. The van der Waals surface area contributed by atoms with Crippen molar-refractivity contribution in [1.82, 2.24) is 15.6 Å². The number of esters is 4. The van der Waals surface area contributed by atoms with Gasteiger partial charge in [-0.2, -0.15) is 0 Å². The van der Waals surface area contributed by atoms with E-state index >= 15 is 4.79 Å². The molecule has 1 aromatic heterocycles. The zero-order chi connectivity index (χ0) is 51.8. The Bertz CT molecular complexity index is 2610. The van der Waals surface area contributed by atoms with Crippen molar-refractivity contribution in [2.24, 2.45) is 16.7 Å². The van der Waals surface area contributed by atoms with Crippen LogP contribution in [0.2, 0.25) is 0 Å². The summed E-state index contributed by atoms with van der Waals surface area (Å²) in [6.45, 7) is 7.64. The molecule has 2 bridgehead atoms. The molecule has 4 aliphatic rings. The molecule has 20 heteroatoms. The van der Waals surface area contributed by atoms with Gasteiger partial charge in [0.1, 0.15) is 30.0 Å². The second-order valence-corrected chi connectivity index (χ2v) is 19.2. The number of carbonyl (C=O) groups excluding carboxylic acids is 7. The third-order valence-corrected chi connectivity index (χ3v) is 14.6. The quantitative estimate of drug-likeness (QED) is 0.0724. The number of carboxylic acid groups (broad SMARTS) is 1. The minimum atomic E-state index is -2.49. The van der Waals surface area contributed by atoms with E-state index in [1.165, 1.54) is 76.5 Å². The summed E-state index contributed by atoms with van der Waals surface area (Å²) in [5, 5.41) is 52.4. The maximum atomic E-state index is 15.6. The second-order valence-electron chi connectivity index (χ2n) is 19.2. The van der Waals surface area contributed by atoms with E-state index in [1.54, 1.807) is 36.4 Å². The molecule has 6 N–H and O–H groups in total. The van der Waals surface area contributed by atoms with Gasteiger partial charge in [0, 0.05) is 50.9 Å². The van der Waals surface area contributed by atoms with E-state index < -0.39 is 143 Å². The first kappa shape index (κ1) is 52.0. The summed E-state index contributed by atoms with van der Waals surface area (Å²) in [7, 11) is 0. The highest BCUT2D eigenvalue weighted by Crippen LogP contribution is 2.64. The fraction of sp³-hybridized carbons (Fsp3) is 0.471. The molecular weight excluding hydrogens is 927 g/mol. The number of carbonyl (C=O) groups is 8. The van der Waals surface area contributed by atoms with Gasteiger partial charge in [0.15, 0.2) is 23.6 Å². The number of nitrogens with one attached hydrogen (secondary N) is 2. The molecule has 2 aromatic carbocycles. The van der Waals surface area contributed by atoms with Gasteiger partial charge in [0.2, 0.25) is 5.91 Å². The monoisotopic (exact) mass is 983 g/mol. The van der Waals surface area contributed by atoms with Gasteiger partial charge in [-0.1, -0.05) is 62.4 Å². The van der Waals surface area contributed by atoms with Crippen LogP contribution >= 0.6 is 0 Å². The Morgan fingerprint density at radius 2 is 1.52 bits per heavy atom. The molecular formula is C51H57N3O17. The summed E-state index contributed by atoms with van der Waals surface area (Å²) in [4.78, 5) is 113. The summed E-state index contributed by atoms with van der Waals surface area (Å²) in [6.07, 6.45) is -9.62. The lowest BCUT2D eigenvalue weighted by molar-refractivity contribution is -0.346. The number of aliphatic hydroxyl groups is 3. The third kappa shape index (κ3) is 9.55. The molecule has 0 radical (unpaired) electrons. The zero-order valence-corrected chi connectivity index (χ0v) is 39.9. The fourth-order valence-corrected chi connectivity index (χ4v) is 10.9. The number of ketones is 1. The molecule has 0 spiro atoms. The first-order valence-electron chi connectivity index (χ1n) is 23.0. The van der Waals surface area contributed by atoms with Gasteiger partial charge in [-0.15, -0.1) is 0 Å². The predicted molar refractivity (Wildman–Crippen MR) is 244 cm³/mol. The molecule has 3 fully saturated rings. The van der Waals surface area contributed by atoms with E-state index in [0.717, 1.165) is 13.8 Å². The molecule has 12 atom stereocenters. The van der Waals surface area contributed by atoms with Gasteiger partial charge in [-0.3, -0.25) is 33.8 Å². The molecule has 7 rings (SSSR count). The topological polar surface area (TPSA) is 301 Å². The molecule has 71 heavy (non-hydrogen) atoms. The molecule has 1 saturated heterocycles. The molecule has 2 heterocycles. The summed E-state index contributed by atoms with van der Waals surface area (Å²) < 4.78 is 30.3. The van der Waals surface area contributed by atoms with Crippen molar-refractivity contribution in [3.05, 3.63) is 113 Å². The maximum Gasteiger partial charge on any atom is 0.338 e. The van der Waals surface area contributed by atoms with Gasteiger partial charge in [-0.05, 0) is 61.2 Å². The van der Waals surface area contributed by atoms with Crippen molar-refractivity contribution in [3.8, 4) is 0 Å². The van der Waals surface area contributed by atoms with Gasteiger partial charge < -0.3 is 54.7 Å². The smallest absolute Gasteiger partial charge is 0.338 e. The van der Waals surface area contributed by atoms with Crippen molar-refractivity contribution in [1.29, 1.82) is 0 Å². The van der Waals surface area contributed by atoms with Gasteiger partial charge >= 0.3 is 29.8 Å². The highest BCUT2D eigenvalue weighted by molar-refractivity contribution is 5.98. The number of hydrogen-bond acceptors (Lipinski definition) is 17. The number of Topliss-reactive ketones (excluding diaryl/α,β-unsaturated/α-hetero) is 1. The highest BCUT2D eigenvalue weighted by Gasteiger charge is 2.78. The van der Waals surface area contributed by atoms with Crippen molar-refractivity contribution < 1.29 is 82.5 Å². The summed E-state index contributed by atoms with van der Waals surface area (Å²) in [5.41, 5.74) is -7.97. The molecule has 2 saturated carbocycles. The number of nitrogens with zero attached hydrogens (tertiary/aromatic N) is 1. The first-order valence-corrected chi connectivity index (χ1v) is 23.0. The molecule has 378 valence electrons. The van der Waals surface area contributed by atoms with E-state index in [0.29, 0.717) is 0 Å². The normalized spacial score (nSPS) is 29.6. The second kappa shape index (κ2) is 20.1. The van der Waals surface area contributed by atoms with E-state index in [2.05, 4.69) is 15.6 Å². The number of rotatable bonds is 15. The van der Waals surface area contributed by atoms with Crippen LogP contribution in [0.4, 0.5) is 0 Å². The van der Waals surface area contributed by atoms with Crippen molar-refractivity contribution in [2.45, 2.75) is 127 Å². The number of aromatic nitrogens is 1. The average Bonchev–Trinajstić information content (AvgIpc) is 3.33. The maximum absolute atomic E-state index is 15.6. The Labute approximate surface area is 408 Å². The van der Waals surface area contributed by atoms with Crippen LogP contribution < -0.4 is 10.6 Å². The van der Waals surface area contributed by atoms with Crippen LogP contribution in [0.25, 0.3) is 0 Å². The molecule has 3 aromatic rings. The average molecular weight is 984 g/mol. The standard InChI is InChI=1S/C51H57N3O17/c1-26-33(69-47(65)39(60)38(29-14-9-7-10-15-29)54-45(63)32(19-20-36(58)59)53-44(62)31-18-13-21-52-24-31)23-51(66)43(70-46(64)30-16-11-8-12-17-30)41-49(6,34(57)22-35-50(41,25-67-35)71-28(3)56)42(61)40(68-27(2)55)37(26)48(51,4)5/h7-18,21,24,32-35,38-41,43,57,60,66H,19-20,22-23,25H2,1-6H3,(H,53,62)(H,54,63)(H,58,59)/t32-,33+,34+,35-,38+,39-,40-,41+,43+,49-,50+,51-/m1/s1. The van der Waals surface area contributed by atoms with E-state index in [9.17, 15) is 54.0 Å². The molecule has 0 unspecified atom stereocenters. The largest absolute Gasteiger partial charge is 0.481 e. The molecule has 1 aliphatic heterocycles. The minimum absolute atomic E-state index is 0.0192. The van der Waals surface area contributed by atoms with E-state index in [-0.39, 0.29) is 40.9 Å². The lowest BCUT2D eigenvalue weighted by atomic mass is 9.44. The van der Waals surface area contributed by atoms with Crippen LogP contribution in [-0.2, 0) is 52.5 Å². The number of benzene rings is 2. The Morgan fingerprint density at radius 3 is 2.10 bits per heavy atom. The van der Waals surface area contributed by atoms with Crippen molar-refractivity contribution in [3.63, 3.8) is 0 Å². The fourth-order valence-electron chi connectivity index (χ4n) is 10.9. The number of fused-ring (bicyclic) bond motifs is 5. The number of pyridine rings is 1. The lowest BCUT2D eigenvalue weighted by Gasteiger charge is -2.67. The predicted octanol–water partition coefficient (Wildman–Crippen LogP) is 2.48. The Hall–Kier alpha value is -6.87. The number of carboxylic acids is 1. The Balaban J connectivity index is 1.33. The van der Waals surface area contributed by atoms with Crippen molar-refractivity contribution >= 4 is 47.4 Å². The van der Waals surface area contributed by atoms with Crippen LogP contribution in [-0.4, -0.2) is 133 Å². The molecule has 3 aliphatic carbocycles. The van der Waals surface area contributed by atoms with Crippen molar-refractivity contribution in [2.75, 3.05) is 6.61 Å². The number of amides is 2. The van der Waals surface area contributed by atoms with Gasteiger partial charge in [0.25, 0.3) is 5.91 Å². The van der Waals surface area contributed by atoms with E-state index in [4.69, 9.17) is 23.7 Å². The first-order chi connectivity index (χ1) is 33.5. The number of aliphatic carboxylic acids is 1. The lowest BCUT2D eigenvalue weighted by Crippen LogP contribution is -2.82. The Kier molecular flexibility index (Phi) is 14.7. The van der Waals surface area contributed by atoms with Crippen LogP contribution in [0, 0.1) is 16.7 Å². The highest BCUT2D eigenvalue weighted by atomic mass is 16.6. The third-order valence-electron chi connectivity index (χ3n) is 14.6. The van der Waals surface area contributed by atoms with Crippen LogP contribution in [0.5, 0.6) is 0 Å². The van der Waals surface area contributed by atoms with Crippen LogP contribution in [0.3, 0.4) is 0 Å². The summed E-state index contributed by atoms with van der Waals surface area (Å²) >= 11 is 0. The number of aliphatic hydroxyl groups excluding tert-OH is 2. The summed E-state index contributed by atoms with van der Waals surface area (Å²) in [6, 6.07) is 15.1. The van der Waals surface area contributed by atoms with Gasteiger partial charge in [0.05, 0.1) is 41.2 Å². The number of ether oxygens (including phenoxy) is 5.